The van der Waals surface area contributed by atoms with Crippen molar-refractivity contribution in [2.24, 2.45) is 0 Å². The number of hydrogen-bond donors (Lipinski definition) is 2. The van der Waals surface area contributed by atoms with Crippen LogP contribution in [0.25, 0.3) is 0 Å². The smallest absolute Gasteiger partial charge is 0.276 e. The second-order valence-corrected chi connectivity index (χ2v) is 7.43. The number of anilines is 3. The number of benzene rings is 1. The Morgan fingerprint density at radius 2 is 1.96 bits per heavy atom. The largest absolute Gasteiger partial charge is 0.359 e. The predicted molar refractivity (Wildman–Crippen MR) is 94.9 cm³/mol. The Morgan fingerprint density at radius 1 is 1.19 bits per heavy atom. The van der Waals surface area contributed by atoms with Gasteiger partial charge in [-0.05, 0) is 12.1 Å². The first-order chi connectivity index (χ1) is 12.2. The molecule has 2 heterocycles. The molecule has 0 aliphatic heterocycles. The summed E-state index contributed by atoms with van der Waals surface area (Å²) in [6.07, 6.45) is 0. The predicted octanol–water partition coefficient (Wildman–Crippen LogP) is 4.70. The zero-order valence-corrected chi connectivity index (χ0v) is 15.1. The lowest BCUT2D eigenvalue weighted by molar-refractivity contribution is 0.102. The second kappa shape index (κ2) is 6.83. The van der Waals surface area contributed by atoms with E-state index in [2.05, 4.69) is 20.8 Å². The highest BCUT2D eigenvalue weighted by atomic mass is 32.1. The van der Waals surface area contributed by atoms with Gasteiger partial charge in [-0.1, -0.05) is 25.9 Å². The summed E-state index contributed by atoms with van der Waals surface area (Å²) >= 11 is 1.16. The minimum absolute atomic E-state index is 0.167. The standard InChI is InChI=1S/C17H16F2N4O2S/c1-17(2,3)13-7-14(23-25-13)22-15(24)12-8-26-16(21-12)20-9-4-5-10(18)11(19)6-9/h4-8H,1-3H3,(H,20,21)(H,22,23,24). The van der Waals surface area contributed by atoms with E-state index in [1.165, 1.54) is 6.07 Å². The number of nitrogens with zero attached hydrogens (tertiary/aromatic N) is 2. The molecule has 9 heteroatoms. The summed E-state index contributed by atoms with van der Waals surface area (Å²) in [5, 5.41) is 11.2. The van der Waals surface area contributed by atoms with E-state index in [1.807, 2.05) is 20.8 Å². The molecule has 1 aromatic carbocycles. The van der Waals surface area contributed by atoms with Crippen molar-refractivity contribution in [2.75, 3.05) is 10.6 Å². The van der Waals surface area contributed by atoms with Gasteiger partial charge in [0.2, 0.25) is 0 Å². The summed E-state index contributed by atoms with van der Waals surface area (Å²) in [4.78, 5) is 16.4. The fourth-order valence-electron chi connectivity index (χ4n) is 2.00. The van der Waals surface area contributed by atoms with Gasteiger partial charge >= 0.3 is 0 Å². The van der Waals surface area contributed by atoms with E-state index in [9.17, 15) is 13.6 Å². The van der Waals surface area contributed by atoms with Crippen LogP contribution in [0.2, 0.25) is 0 Å². The molecular formula is C17H16F2N4O2S. The summed E-state index contributed by atoms with van der Waals surface area (Å²) in [7, 11) is 0. The van der Waals surface area contributed by atoms with Gasteiger partial charge in [0, 0.05) is 28.6 Å². The van der Waals surface area contributed by atoms with Crippen molar-refractivity contribution in [1.82, 2.24) is 10.1 Å². The quantitative estimate of drug-likeness (QED) is 0.688. The summed E-state index contributed by atoms with van der Waals surface area (Å²) in [5.41, 5.74) is 0.273. The fraction of sp³-hybridized carbons (Fsp3) is 0.235. The summed E-state index contributed by atoms with van der Waals surface area (Å²) in [6.45, 7) is 5.90. The zero-order chi connectivity index (χ0) is 18.9. The van der Waals surface area contributed by atoms with E-state index in [1.54, 1.807) is 11.4 Å². The van der Waals surface area contributed by atoms with Crippen LogP contribution in [-0.2, 0) is 5.41 Å². The highest BCUT2D eigenvalue weighted by molar-refractivity contribution is 7.14. The van der Waals surface area contributed by atoms with Crippen LogP contribution in [-0.4, -0.2) is 16.0 Å². The highest BCUT2D eigenvalue weighted by Gasteiger charge is 2.21. The molecule has 26 heavy (non-hydrogen) atoms. The molecule has 0 saturated heterocycles. The van der Waals surface area contributed by atoms with Crippen LogP contribution in [0.5, 0.6) is 0 Å². The van der Waals surface area contributed by atoms with Crippen LogP contribution in [0, 0.1) is 11.6 Å². The Labute approximate surface area is 152 Å². The maximum Gasteiger partial charge on any atom is 0.276 e. The number of halogens is 2. The molecule has 0 unspecified atom stereocenters. The molecule has 0 radical (unpaired) electrons. The summed E-state index contributed by atoms with van der Waals surface area (Å²) in [5.74, 6) is -1.41. The first kappa shape index (κ1) is 18.0. The van der Waals surface area contributed by atoms with Crippen LogP contribution >= 0.6 is 11.3 Å². The fourth-order valence-corrected chi connectivity index (χ4v) is 2.71. The minimum Gasteiger partial charge on any atom is -0.359 e. The molecule has 0 aliphatic rings. The van der Waals surface area contributed by atoms with Crippen LogP contribution in [0.15, 0.2) is 34.2 Å². The van der Waals surface area contributed by atoms with Crippen molar-refractivity contribution in [2.45, 2.75) is 26.2 Å². The van der Waals surface area contributed by atoms with E-state index >= 15 is 0 Å². The average molecular weight is 378 g/mol. The molecule has 0 bridgehead atoms. The minimum atomic E-state index is -0.967. The molecule has 1 amide bonds. The van der Waals surface area contributed by atoms with Crippen LogP contribution in [0.3, 0.4) is 0 Å². The maximum absolute atomic E-state index is 13.2. The van der Waals surface area contributed by atoms with Gasteiger partial charge in [0.25, 0.3) is 5.91 Å². The normalized spacial score (nSPS) is 11.4. The van der Waals surface area contributed by atoms with Gasteiger partial charge in [-0.25, -0.2) is 13.8 Å². The molecule has 0 atom stereocenters. The number of carbonyl (C=O) groups is 1. The van der Waals surface area contributed by atoms with E-state index in [0.29, 0.717) is 22.4 Å². The lowest BCUT2D eigenvalue weighted by Gasteiger charge is -2.11. The average Bonchev–Trinajstić information content (AvgIpc) is 3.20. The first-order valence-corrected chi connectivity index (χ1v) is 8.56. The topological polar surface area (TPSA) is 80.0 Å². The number of carbonyl (C=O) groups excluding carboxylic acids is 1. The maximum atomic E-state index is 13.2. The summed E-state index contributed by atoms with van der Waals surface area (Å²) < 4.78 is 31.4. The third-order valence-corrected chi connectivity index (χ3v) is 4.16. The first-order valence-electron chi connectivity index (χ1n) is 7.68. The molecule has 6 nitrogen and oxygen atoms in total. The van der Waals surface area contributed by atoms with E-state index in [0.717, 1.165) is 23.5 Å². The Bertz CT molecular complexity index is 946. The molecular weight excluding hydrogens is 362 g/mol. The Kier molecular flexibility index (Phi) is 4.73. The van der Waals surface area contributed by atoms with Crippen molar-refractivity contribution >= 4 is 33.9 Å². The number of nitrogens with one attached hydrogen (secondary N) is 2. The van der Waals surface area contributed by atoms with Gasteiger partial charge in [-0.2, -0.15) is 0 Å². The van der Waals surface area contributed by atoms with Crippen molar-refractivity contribution in [1.29, 1.82) is 0 Å². The van der Waals surface area contributed by atoms with Gasteiger partial charge in [0.05, 0.1) is 0 Å². The van der Waals surface area contributed by atoms with Gasteiger partial charge in [0.1, 0.15) is 11.5 Å². The molecule has 0 aliphatic carbocycles. The van der Waals surface area contributed by atoms with Gasteiger partial charge in [-0.15, -0.1) is 11.3 Å². The number of amides is 1. The monoisotopic (exact) mass is 378 g/mol. The molecule has 0 saturated carbocycles. The van der Waals surface area contributed by atoms with Crippen molar-refractivity contribution < 1.29 is 18.1 Å². The van der Waals surface area contributed by atoms with Crippen molar-refractivity contribution in [3.05, 3.63) is 52.7 Å². The molecule has 2 aromatic heterocycles. The SMILES string of the molecule is CC(C)(C)c1cc(NC(=O)c2csc(Nc3ccc(F)c(F)c3)n2)no1. The van der Waals surface area contributed by atoms with Crippen LogP contribution in [0.1, 0.15) is 37.0 Å². The van der Waals surface area contributed by atoms with Gasteiger partial charge < -0.3 is 15.2 Å². The Morgan fingerprint density at radius 3 is 2.62 bits per heavy atom. The number of rotatable bonds is 4. The molecule has 2 N–H and O–H groups in total. The molecule has 3 aromatic rings. The Balaban J connectivity index is 1.68. The zero-order valence-electron chi connectivity index (χ0n) is 14.3. The van der Waals surface area contributed by atoms with Crippen molar-refractivity contribution in [3.63, 3.8) is 0 Å². The van der Waals surface area contributed by atoms with Crippen molar-refractivity contribution in [3.8, 4) is 0 Å². The molecule has 136 valence electrons. The molecule has 0 fully saturated rings. The highest BCUT2D eigenvalue weighted by Crippen LogP contribution is 2.25. The number of thiazole rings is 1. The van der Waals surface area contributed by atoms with E-state index < -0.39 is 17.5 Å². The molecule has 0 spiro atoms. The van der Waals surface area contributed by atoms with Gasteiger partial charge in [0.15, 0.2) is 22.6 Å². The summed E-state index contributed by atoms with van der Waals surface area (Å²) in [6, 6.07) is 5.06. The van der Waals surface area contributed by atoms with E-state index in [-0.39, 0.29) is 11.1 Å². The molecule has 3 rings (SSSR count). The Hall–Kier alpha value is -2.81. The van der Waals surface area contributed by atoms with E-state index in [4.69, 9.17) is 4.52 Å². The van der Waals surface area contributed by atoms with Gasteiger partial charge in [-0.3, -0.25) is 4.79 Å². The lowest BCUT2D eigenvalue weighted by atomic mass is 9.93. The third kappa shape index (κ3) is 4.05. The number of hydrogen-bond acceptors (Lipinski definition) is 6. The van der Waals surface area contributed by atoms with Crippen LogP contribution in [0.4, 0.5) is 25.4 Å². The second-order valence-electron chi connectivity index (χ2n) is 6.57. The lowest BCUT2D eigenvalue weighted by Crippen LogP contribution is -2.13. The number of aromatic nitrogens is 2. The third-order valence-electron chi connectivity index (χ3n) is 3.40. The van der Waals surface area contributed by atoms with Crippen LogP contribution < -0.4 is 10.6 Å².